The van der Waals surface area contributed by atoms with E-state index in [1.165, 1.54) is 12.0 Å². The molecular formula is C16H25NO2. The van der Waals surface area contributed by atoms with Gasteiger partial charge in [0.2, 0.25) is 0 Å². The van der Waals surface area contributed by atoms with Gasteiger partial charge in [0.15, 0.2) is 0 Å². The lowest BCUT2D eigenvalue weighted by Crippen LogP contribution is -2.26. The quantitative estimate of drug-likeness (QED) is 0.787. The molecule has 1 fully saturated rings. The van der Waals surface area contributed by atoms with Crippen LogP contribution in [0.15, 0.2) is 24.3 Å². The number of rotatable bonds is 6. The van der Waals surface area contributed by atoms with Crippen LogP contribution in [0.1, 0.15) is 24.8 Å². The molecular weight excluding hydrogens is 238 g/mol. The van der Waals surface area contributed by atoms with Gasteiger partial charge in [0.25, 0.3) is 0 Å². The second-order valence-corrected chi connectivity index (χ2v) is 5.44. The number of para-hydroxylation sites is 1. The van der Waals surface area contributed by atoms with Gasteiger partial charge in [-0.1, -0.05) is 18.2 Å². The predicted molar refractivity (Wildman–Crippen MR) is 77.8 cm³/mol. The Bertz CT molecular complexity index is 373. The SMILES string of the molecule is CN(C)CCCc1ccccc1OC1CCOCC1. The first kappa shape index (κ1) is 14.4. The Morgan fingerprint density at radius 2 is 1.95 bits per heavy atom. The van der Waals surface area contributed by atoms with E-state index >= 15 is 0 Å². The van der Waals surface area contributed by atoms with Crippen LogP contribution in [0.3, 0.4) is 0 Å². The summed E-state index contributed by atoms with van der Waals surface area (Å²) in [7, 11) is 4.23. The fraction of sp³-hybridized carbons (Fsp3) is 0.625. The Morgan fingerprint density at radius 1 is 1.21 bits per heavy atom. The van der Waals surface area contributed by atoms with Gasteiger partial charge < -0.3 is 14.4 Å². The first-order valence-electron chi connectivity index (χ1n) is 7.23. The Hall–Kier alpha value is -1.06. The predicted octanol–water partition coefficient (Wildman–Crippen LogP) is 2.74. The first-order valence-corrected chi connectivity index (χ1v) is 7.23. The zero-order valence-corrected chi connectivity index (χ0v) is 12.1. The first-order chi connectivity index (χ1) is 9.25. The fourth-order valence-corrected chi connectivity index (χ4v) is 2.38. The van der Waals surface area contributed by atoms with E-state index in [1.807, 2.05) is 0 Å². The minimum atomic E-state index is 0.323. The highest BCUT2D eigenvalue weighted by atomic mass is 16.5. The maximum atomic E-state index is 6.15. The maximum Gasteiger partial charge on any atom is 0.122 e. The molecule has 0 aliphatic carbocycles. The topological polar surface area (TPSA) is 21.7 Å². The lowest BCUT2D eigenvalue weighted by molar-refractivity contribution is 0.0252. The summed E-state index contributed by atoms with van der Waals surface area (Å²) >= 11 is 0. The van der Waals surface area contributed by atoms with Crippen LogP contribution in [0.2, 0.25) is 0 Å². The van der Waals surface area contributed by atoms with E-state index in [9.17, 15) is 0 Å². The fourth-order valence-electron chi connectivity index (χ4n) is 2.38. The van der Waals surface area contributed by atoms with Crippen molar-refractivity contribution in [2.45, 2.75) is 31.8 Å². The molecule has 19 heavy (non-hydrogen) atoms. The second kappa shape index (κ2) is 7.51. The van der Waals surface area contributed by atoms with E-state index in [2.05, 4.69) is 43.3 Å². The number of hydrogen-bond donors (Lipinski definition) is 0. The highest BCUT2D eigenvalue weighted by Gasteiger charge is 2.16. The van der Waals surface area contributed by atoms with Gasteiger partial charge in [0, 0.05) is 12.8 Å². The lowest BCUT2D eigenvalue weighted by Gasteiger charge is -2.24. The van der Waals surface area contributed by atoms with Crippen LogP contribution in [-0.4, -0.2) is 44.9 Å². The van der Waals surface area contributed by atoms with Crippen molar-refractivity contribution in [2.24, 2.45) is 0 Å². The standard InChI is InChI=1S/C16H25NO2/c1-17(2)11-5-7-14-6-3-4-8-16(14)19-15-9-12-18-13-10-15/h3-4,6,8,15H,5,7,9-13H2,1-2H3. The molecule has 0 saturated carbocycles. The van der Waals surface area contributed by atoms with Gasteiger partial charge in [0.1, 0.15) is 11.9 Å². The van der Waals surface area contributed by atoms with Crippen LogP contribution in [0.25, 0.3) is 0 Å². The highest BCUT2D eigenvalue weighted by molar-refractivity contribution is 5.33. The van der Waals surface area contributed by atoms with Crippen molar-refractivity contribution in [3.8, 4) is 5.75 Å². The Morgan fingerprint density at radius 3 is 2.68 bits per heavy atom. The van der Waals surface area contributed by atoms with Gasteiger partial charge in [-0.2, -0.15) is 0 Å². The molecule has 1 aliphatic heterocycles. The summed E-state index contributed by atoms with van der Waals surface area (Å²) in [5.41, 5.74) is 1.33. The van der Waals surface area contributed by atoms with Gasteiger partial charge in [-0.3, -0.25) is 0 Å². The molecule has 1 aromatic rings. The molecule has 3 nitrogen and oxygen atoms in total. The zero-order valence-electron chi connectivity index (χ0n) is 12.1. The number of nitrogens with zero attached hydrogens (tertiary/aromatic N) is 1. The summed E-state index contributed by atoms with van der Waals surface area (Å²) in [5.74, 6) is 1.06. The van der Waals surface area contributed by atoms with E-state index in [1.54, 1.807) is 0 Å². The van der Waals surface area contributed by atoms with Gasteiger partial charge in [-0.25, -0.2) is 0 Å². The van der Waals surface area contributed by atoms with Crippen LogP contribution in [-0.2, 0) is 11.2 Å². The van der Waals surface area contributed by atoms with Gasteiger partial charge in [0.05, 0.1) is 13.2 Å². The molecule has 0 spiro atoms. The third kappa shape index (κ3) is 4.84. The minimum absolute atomic E-state index is 0.323. The van der Waals surface area contributed by atoms with Crippen LogP contribution < -0.4 is 4.74 Å². The third-order valence-electron chi connectivity index (χ3n) is 3.49. The van der Waals surface area contributed by atoms with Crippen molar-refractivity contribution < 1.29 is 9.47 Å². The molecule has 0 aromatic heterocycles. The van der Waals surface area contributed by atoms with E-state index in [0.29, 0.717) is 6.10 Å². The summed E-state index contributed by atoms with van der Waals surface area (Å²) in [6.07, 6.45) is 4.58. The average Bonchev–Trinajstić information content (AvgIpc) is 2.41. The highest BCUT2D eigenvalue weighted by Crippen LogP contribution is 2.23. The summed E-state index contributed by atoms with van der Waals surface area (Å²) in [6.45, 7) is 2.77. The minimum Gasteiger partial charge on any atom is -0.490 e. The number of hydrogen-bond acceptors (Lipinski definition) is 3. The van der Waals surface area contributed by atoms with E-state index in [4.69, 9.17) is 9.47 Å². The van der Waals surface area contributed by atoms with Crippen LogP contribution in [0.5, 0.6) is 5.75 Å². The van der Waals surface area contributed by atoms with Crippen LogP contribution in [0.4, 0.5) is 0 Å². The summed E-state index contributed by atoms with van der Waals surface area (Å²) in [5, 5.41) is 0. The van der Waals surface area contributed by atoms with E-state index < -0.39 is 0 Å². The summed E-state index contributed by atoms with van der Waals surface area (Å²) in [4.78, 5) is 2.22. The lowest BCUT2D eigenvalue weighted by atomic mass is 10.1. The smallest absolute Gasteiger partial charge is 0.122 e. The molecule has 1 saturated heterocycles. The van der Waals surface area contributed by atoms with Gasteiger partial charge in [-0.05, 0) is 45.1 Å². The van der Waals surface area contributed by atoms with E-state index in [0.717, 1.165) is 44.8 Å². The molecule has 1 heterocycles. The maximum absolute atomic E-state index is 6.15. The largest absolute Gasteiger partial charge is 0.490 e. The van der Waals surface area contributed by atoms with Crippen molar-refractivity contribution in [3.63, 3.8) is 0 Å². The third-order valence-corrected chi connectivity index (χ3v) is 3.49. The molecule has 0 unspecified atom stereocenters. The van der Waals surface area contributed by atoms with Crippen molar-refractivity contribution >= 4 is 0 Å². The summed E-state index contributed by atoms with van der Waals surface area (Å²) in [6, 6.07) is 8.44. The Labute approximate surface area is 116 Å². The van der Waals surface area contributed by atoms with Crippen molar-refractivity contribution in [2.75, 3.05) is 33.9 Å². The van der Waals surface area contributed by atoms with Crippen LogP contribution in [0, 0.1) is 0 Å². The summed E-state index contributed by atoms with van der Waals surface area (Å²) < 4.78 is 11.5. The molecule has 1 aromatic carbocycles. The molecule has 0 N–H and O–H groups in total. The molecule has 2 rings (SSSR count). The molecule has 0 bridgehead atoms. The molecule has 0 atom stereocenters. The Kier molecular flexibility index (Phi) is 5.67. The van der Waals surface area contributed by atoms with E-state index in [-0.39, 0.29) is 0 Å². The van der Waals surface area contributed by atoms with Crippen molar-refractivity contribution in [3.05, 3.63) is 29.8 Å². The molecule has 0 amide bonds. The second-order valence-electron chi connectivity index (χ2n) is 5.44. The van der Waals surface area contributed by atoms with Crippen molar-refractivity contribution in [1.82, 2.24) is 4.90 Å². The average molecular weight is 263 g/mol. The molecule has 106 valence electrons. The van der Waals surface area contributed by atoms with Crippen molar-refractivity contribution in [1.29, 1.82) is 0 Å². The Balaban J connectivity index is 1.91. The zero-order chi connectivity index (χ0) is 13.5. The normalized spacial score (nSPS) is 16.8. The van der Waals surface area contributed by atoms with Crippen LogP contribution >= 0.6 is 0 Å². The van der Waals surface area contributed by atoms with Gasteiger partial charge >= 0.3 is 0 Å². The molecule has 0 radical (unpaired) electrons. The molecule has 3 heteroatoms. The number of aryl methyl sites for hydroxylation is 1. The number of ether oxygens (including phenoxy) is 2. The van der Waals surface area contributed by atoms with Gasteiger partial charge in [-0.15, -0.1) is 0 Å². The monoisotopic (exact) mass is 263 g/mol. The number of benzene rings is 1. The molecule has 1 aliphatic rings.